The average Bonchev–Trinajstić information content (AvgIpc) is 3.27. The zero-order chi connectivity index (χ0) is 31.2. The Morgan fingerprint density at radius 2 is 1.60 bits per heavy atom. The van der Waals surface area contributed by atoms with Crippen molar-refractivity contribution in [3.63, 3.8) is 0 Å². The van der Waals surface area contributed by atoms with Gasteiger partial charge in [0.25, 0.3) is 0 Å². The number of anilines is 1. The first-order valence-corrected chi connectivity index (χ1v) is 16.5. The summed E-state index contributed by atoms with van der Waals surface area (Å²) in [6.45, 7) is 7.03. The van der Waals surface area contributed by atoms with Crippen LogP contribution in [0.5, 0.6) is 0 Å². The number of nitrogens with zero attached hydrogens (tertiary/aromatic N) is 4. The van der Waals surface area contributed by atoms with Gasteiger partial charge in [-0.2, -0.15) is 22.6 Å². The molecule has 2 aliphatic heterocycles. The zero-order valence-electron chi connectivity index (χ0n) is 25.0. The van der Waals surface area contributed by atoms with Crippen molar-refractivity contribution in [2.24, 2.45) is 5.10 Å². The Morgan fingerprint density at radius 1 is 1.00 bits per heavy atom. The summed E-state index contributed by atoms with van der Waals surface area (Å²) in [6, 6.07) is 13.3. The number of hydrogen-bond donors (Lipinski definition) is 0. The molecular weight excluding hydrogens is 597 g/mol. The quantitative estimate of drug-likeness (QED) is 0.244. The minimum absolute atomic E-state index is 0.297. The number of sulfonamides is 1. The van der Waals surface area contributed by atoms with E-state index in [0.29, 0.717) is 22.4 Å². The van der Waals surface area contributed by atoms with Crippen molar-refractivity contribution in [2.45, 2.75) is 77.0 Å². The number of allylic oxidation sites excluding steroid dienone is 3. The molecule has 0 spiro atoms. The monoisotopic (exact) mass is 634 g/mol. The number of rotatable bonds is 6. The predicted molar refractivity (Wildman–Crippen MR) is 167 cm³/mol. The number of piperazine rings is 1. The summed E-state index contributed by atoms with van der Waals surface area (Å²) >= 11 is 6.11. The summed E-state index contributed by atoms with van der Waals surface area (Å²) in [6.07, 6.45) is 8.10. The first-order valence-electron chi connectivity index (χ1n) is 14.5. The Labute approximate surface area is 257 Å². The van der Waals surface area contributed by atoms with Crippen LogP contribution in [0.4, 0.5) is 18.9 Å². The molecule has 0 amide bonds. The molecule has 1 aliphatic carbocycles. The number of alkyl halides is 4. The van der Waals surface area contributed by atoms with Crippen LogP contribution in [0.3, 0.4) is 0 Å². The zero-order valence-corrected chi connectivity index (χ0v) is 26.5. The first-order chi connectivity index (χ1) is 20.3. The van der Waals surface area contributed by atoms with Gasteiger partial charge in [0.1, 0.15) is 12.0 Å². The van der Waals surface area contributed by atoms with E-state index in [0.717, 1.165) is 53.6 Å². The van der Waals surface area contributed by atoms with E-state index in [9.17, 15) is 21.6 Å². The number of amidine groups is 1. The van der Waals surface area contributed by atoms with Gasteiger partial charge in [-0.05, 0) is 70.1 Å². The van der Waals surface area contributed by atoms with Crippen molar-refractivity contribution in [1.29, 1.82) is 0 Å². The first kappa shape index (κ1) is 31.6. The molecule has 11 heteroatoms. The molecule has 1 fully saturated rings. The number of hydrazone groups is 1. The molecule has 6 nitrogen and oxygen atoms in total. The lowest BCUT2D eigenvalue weighted by atomic mass is 9.86. The van der Waals surface area contributed by atoms with Gasteiger partial charge in [0.2, 0.25) is 0 Å². The molecule has 2 atom stereocenters. The van der Waals surface area contributed by atoms with Gasteiger partial charge in [-0.3, -0.25) is 0 Å². The molecule has 2 heterocycles. The van der Waals surface area contributed by atoms with E-state index in [1.54, 1.807) is 0 Å². The molecule has 0 N–H and O–H groups in total. The van der Waals surface area contributed by atoms with Gasteiger partial charge in [-0.25, -0.2) is 13.4 Å². The van der Waals surface area contributed by atoms with E-state index in [-0.39, 0.29) is 12.7 Å². The number of halogens is 4. The average molecular weight is 635 g/mol. The fraction of sp³-hybridized carbons (Fsp3) is 0.469. The van der Waals surface area contributed by atoms with Crippen LogP contribution in [0.1, 0.15) is 61.3 Å². The van der Waals surface area contributed by atoms with Crippen LogP contribution in [0.15, 0.2) is 70.9 Å². The highest BCUT2D eigenvalue weighted by Crippen LogP contribution is 2.45. The summed E-state index contributed by atoms with van der Waals surface area (Å²) in [5, 5.41) is 6.88. The Kier molecular flexibility index (Phi) is 8.77. The van der Waals surface area contributed by atoms with Crippen LogP contribution in [-0.2, 0) is 15.6 Å². The lowest BCUT2D eigenvalue weighted by molar-refractivity contribution is -0.0505. The van der Waals surface area contributed by atoms with Crippen LogP contribution in [0, 0.1) is 20.8 Å². The third kappa shape index (κ3) is 5.98. The highest BCUT2D eigenvalue weighted by atomic mass is 35.5. The Hall–Kier alpha value is -2.82. The maximum atomic E-state index is 13.9. The summed E-state index contributed by atoms with van der Waals surface area (Å²) in [4.78, 5) is 2.07. The maximum absolute atomic E-state index is 13.9. The van der Waals surface area contributed by atoms with Crippen LogP contribution < -0.4 is 5.01 Å². The van der Waals surface area contributed by atoms with Gasteiger partial charge in [-0.1, -0.05) is 71.3 Å². The molecule has 0 radical (unpaired) electrons. The van der Waals surface area contributed by atoms with Crippen LogP contribution >= 0.6 is 11.6 Å². The molecule has 43 heavy (non-hydrogen) atoms. The second-order valence-electron chi connectivity index (χ2n) is 12.0. The molecule has 0 saturated carbocycles. The molecule has 1 unspecified atom stereocenters. The van der Waals surface area contributed by atoms with Crippen molar-refractivity contribution >= 4 is 33.1 Å². The molecule has 5 rings (SSSR count). The summed E-state index contributed by atoms with van der Waals surface area (Å²) in [7, 11) is -5.60. The number of fused-ring (bicyclic) bond motifs is 1. The summed E-state index contributed by atoms with van der Waals surface area (Å²) in [5.74, 6) is 0.814. The molecular formula is C32H38ClF3N4O2S. The second kappa shape index (κ2) is 11.9. The van der Waals surface area contributed by atoms with E-state index in [2.05, 4.69) is 29.2 Å². The van der Waals surface area contributed by atoms with Crippen LogP contribution in [0.2, 0.25) is 0 Å². The molecule has 0 bridgehead atoms. The lowest BCUT2D eigenvalue weighted by Gasteiger charge is -2.51. The number of aryl methyl sites for hydroxylation is 3. The van der Waals surface area contributed by atoms with Crippen LogP contribution in [-0.4, -0.2) is 54.1 Å². The predicted octanol–water partition coefficient (Wildman–Crippen LogP) is 7.51. The van der Waals surface area contributed by atoms with E-state index in [4.69, 9.17) is 16.7 Å². The van der Waals surface area contributed by atoms with Crippen LogP contribution in [0.25, 0.3) is 0 Å². The SMILES string of the molecule is Cc1cc(C)c(N2N=C3CN(S(=O)(=O)C(F)(F)F)C[C@](C)(c4ccccc4)N3C2CC2=CCCC(CCl)=CCC2)c(C)c1. The molecule has 1 saturated heterocycles. The van der Waals surface area contributed by atoms with Gasteiger partial charge in [-0.15, -0.1) is 11.6 Å². The number of hydrogen-bond acceptors (Lipinski definition) is 5. The van der Waals surface area contributed by atoms with Crippen molar-refractivity contribution in [1.82, 2.24) is 9.21 Å². The normalized spacial score (nSPS) is 23.7. The third-order valence-electron chi connectivity index (χ3n) is 8.72. The minimum atomic E-state index is -5.60. The fourth-order valence-corrected chi connectivity index (χ4v) is 8.04. The highest BCUT2D eigenvalue weighted by Gasteiger charge is 2.58. The molecule has 3 aliphatic rings. The van der Waals surface area contributed by atoms with E-state index in [1.807, 2.05) is 63.0 Å². The van der Waals surface area contributed by atoms with Crippen molar-refractivity contribution in [3.8, 4) is 0 Å². The lowest BCUT2D eigenvalue weighted by Crippen LogP contribution is -2.65. The Bertz CT molecular complexity index is 1550. The maximum Gasteiger partial charge on any atom is 0.511 e. The standard InChI is InChI=1S/C32H38ClF3N4O2S/c1-22-16-23(2)30(24(3)17-22)40-29(18-25-10-8-12-26(19-33)13-9-11-25)39-28(37-40)20-38(43(41,42)32(34,35)36)21-31(39,4)27-14-6-5-7-15-27/h5-7,10,13-17,29H,8-9,11-12,18-21H2,1-4H3/t29?,31-/m1/s1. The molecule has 232 valence electrons. The van der Waals surface area contributed by atoms with Crippen molar-refractivity contribution in [3.05, 3.63) is 88.0 Å². The highest BCUT2D eigenvalue weighted by molar-refractivity contribution is 7.90. The van der Waals surface area contributed by atoms with E-state index in [1.165, 1.54) is 11.1 Å². The van der Waals surface area contributed by atoms with Gasteiger partial charge >= 0.3 is 15.5 Å². The minimum Gasteiger partial charge on any atom is -0.324 e. The van der Waals surface area contributed by atoms with Crippen molar-refractivity contribution in [2.75, 3.05) is 24.0 Å². The van der Waals surface area contributed by atoms with Gasteiger partial charge in [0.05, 0.1) is 17.8 Å². The smallest absolute Gasteiger partial charge is 0.324 e. The van der Waals surface area contributed by atoms with E-state index < -0.39 is 27.6 Å². The fourth-order valence-electron chi connectivity index (χ4n) is 6.80. The summed E-state index contributed by atoms with van der Waals surface area (Å²) in [5.41, 5.74) is 0.604. The Morgan fingerprint density at radius 3 is 2.21 bits per heavy atom. The largest absolute Gasteiger partial charge is 0.511 e. The molecule has 2 aromatic rings. The van der Waals surface area contributed by atoms with Gasteiger partial charge < -0.3 is 4.90 Å². The van der Waals surface area contributed by atoms with E-state index >= 15 is 0 Å². The summed E-state index contributed by atoms with van der Waals surface area (Å²) < 4.78 is 67.9. The number of benzene rings is 2. The molecule has 2 aromatic carbocycles. The van der Waals surface area contributed by atoms with Crippen molar-refractivity contribution < 1.29 is 21.6 Å². The topological polar surface area (TPSA) is 56.2 Å². The second-order valence-corrected chi connectivity index (χ2v) is 14.2. The molecule has 0 aromatic heterocycles. The Balaban J connectivity index is 1.65. The van der Waals surface area contributed by atoms with Gasteiger partial charge in [0.15, 0.2) is 0 Å². The third-order valence-corrected chi connectivity index (χ3v) is 10.6. The van der Waals surface area contributed by atoms with Gasteiger partial charge in [0, 0.05) is 18.8 Å².